The Balaban J connectivity index is 0.000000843. The minimum atomic E-state index is -0.945. The van der Waals surface area contributed by atoms with Crippen molar-refractivity contribution in [1.29, 1.82) is 0 Å². The summed E-state index contributed by atoms with van der Waals surface area (Å²) in [5.74, 6) is 0. The number of hydrogen-bond donors (Lipinski definition) is 1. The van der Waals surface area contributed by atoms with Gasteiger partial charge in [0.15, 0.2) is 0 Å². The van der Waals surface area contributed by atoms with E-state index in [2.05, 4.69) is 24.7 Å². The second-order valence-electron chi connectivity index (χ2n) is 6.27. The van der Waals surface area contributed by atoms with Crippen LogP contribution in [-0.2, 0) is 4.79 Å². The Morgan fingerprint density at radius 1 is 0.909 bits per heavy atom. The maximum atomic E-state index is 10.7. The van der Waals surface area contributed by atoms with Gasteiger partial charge in [-0.15, -0.1) is 0 Å². The number of carbonyl (C=O) groups is 1. The number of aldehydes is 1. The smallest absolute Gasteiger partial charge is 0.144 e. The summed E-state index contributed by atoms with van der Waals surface area (Å²) in [7, 11) is 0. The van der Waals surface area contributed by atoms with E-state index in [0.717, 1.165) is 5.70 Å². The molecule has 4 nitrogen and oxygen atoms in total. The van der Waals surface area contributed by atoms with Gasteiger partial charge in [-0.3, -0.25) is 9.78 Å². The molecular formula is C29H34N2O2. The lowest BCUT2D eigenvalue weighted by Crippen LogP contribution is -2.25. The van der Waals surface area contributed by atoms with Crippen LogP contribution in [0, 0.1) is 0 Å². The van der Waals surface area contributed by atoms with Crippen molar-refractivity contribution in [2.45, 2.75) is 20.0 Å². The number of aromatic nitrogens is 1. The molecule has 0 aliphatic heterocycles. The highest BCUT2D eigenvalue weighted by Gasteiger charge is 2.18. The predicted octanol–water partition coefficient (Wildman–Crippen LogP) is 6.42. The lowest BCUT2D eigenvalue weighted by Gasteiger charge is -2.27. The van der Waals surface area contributed by atoms with Crippen molar-refractivity contribution in [1.82, 2.24) is 9.88 Å². The molecule has 4 heteroatoms. The normalized spacial score (nSPS) is 12.5. The summed E-state index contributed by atoms with van der Waals surface area (Å²) in [5.41, 5.74) is 1.78. The Morgan fingerprint density at radius 3 is 1.94 bits per heavy atom. The fourth-order valence-corrected chi connectivity index (χ4v) is 2.44. The van der Waals surface area contributed by atoms with Crippen LogP contribution in [-0.4, -0.2) is 27.4 Å². The molecule has 0 aliphatic carbocycles. The Kier molecular flexibility index (Phi) is 17.5. The number of hydrogen-bond acceptors (Lipinski definition) is 4. The Labute approximate surface area is 198 Å². The van der Waals surface area contributed by atoms with Gasteiger partial charge in [-0.25, -0.2) is 0 Å². The molecule has 1 rings (SSSR count). The number of aliphatic hydroxyl groups is 1. The highest BCUT2D eigenvalue weighted by atomic mass is 16.3. The van der Waals surface area contributed by atoms with E-state index >= 15 is 0 Å². The number of aliphatic hydroxyl groups excluding tert-OH is 1. The van der Waals surface area contributed by atoms with Crippen molar-refractivity contribution in [2.24, 2.45) is 0 Å². The first kappa shape index (κ1) is 29.0. The van der Waals surface area contributed by atoms with Gasteiger partial charge < -0.3 is 10.0 Å². The first-order chi connectivity index (χ1) is 16.1. The van der Waals surface area contributed by atoms with Crippen LogP contribution in [0.4, 0.5) is 0 Å². The van der Waals surface area contributed by atoms with Crippen LogP contribution in [0.3, 0.4) is 0 Å². The molecule has 1 atom stereocenters. The molecule has 0 amide bonds. The number of rotatable bonds is 10. The number of allylic oxidation sites excluding steroid dienone is 8. The van der Waals surface area contributed by atoms with Crippen LogP contribution in [0.2, 0.25) is 0 Å². The summed E-state index contributed by atoms with van der Waals surface area (Å²) in [6.07, 6.45) is 20.1. The number of nitrogens with zero attached hydrogens (tertiary/aromatic N) is 2. The van der Waals surface area contributed by atoms with Crippen molar-refractivity contribution in [3.63, 3.8) is 0 Å². The maximum Gasteiger partial charge on any atom is 0.144 e. The third-order valence-corrected chi connectivity index (χ3v) is 3.84. The molecule has 172 valence electrons. The minimum absolute atomic E-state index is 0.403. The van der Waals surface area contributed by atoms with Gasteiger partial charge in [0.1, 0.15) is 12.4 Å². The van der Waals surface area contributed by atoms with E-state index in [1.807, 2.05) is 74.5 Å². The molecule has 0 aromatic carbocycles. The molecule has 0 radical (unpaired) electrons. The van der Waals surface area contributed by atoms with E-state index in [4.69, 9.17) is 0 Å². The highest BCUT2D eigenvalue weighted by Crippen LogP contribution is 2.22. The van der Waals surface area contributed by atoms with Crippen molar-refractivity contribution < 1.29 is 9.90 Å². The average Bonchev–Trinajstić information content (AvgIpc) is 2.83. The van der Waals surface area contributed by atoms with Gasteiger partial charge in [-0.05, 0) is 49.8 Å². The fraction of sp³-hybridized carbons (Fsp3) is 0.103. The van der Waals surface area contributed by atoms with Crippen molar-refractivity contribution in [3.05, 3.63) is 152 Å². The standard InChI is InChI=1S/C20H25NO2.C9H9N/c1-6-11-18(12-7-2)20(23)17(5)21(15-10-16-22)19(13-8-3)14-9-4;1-2-4-6-8-10-9-7-5-3-1/h6-16,20,23H,1,3,5H2,2,4H3;1-9H/b12-7-,14-9-,15-10-,18-11+,19-13+;. The lowest BCUT2D eigenvalue weighted by molar-refractivity contribution is -0.104. The van der Waals surface area contributed by atoms with Crippen molar-refractivity contribution in [2.75, 3.05) is 0 Å². The largest absolute Gasteiger partial charge is 0.382 e. The zero-order chi connectivity index (χ0) is 24.7. The van der Waals surface area contributed by atoms with Crippen LogP contribution >= 0.6 is 0 Å². The predicted molar refractivity (Wildman–Crippen MR) is 140 cm³/mol. The number of carbonyl (C=O) groups excluding carboxylic acids is 1. The lowest BCUT2D eigenvalue weighted by atomic mass is 10.0. The molecule has 0 spiro atoms. The van der Waals surface area contributed by atoms with Crippen LogP contribution in [0.1, 0.15) is 13.8 Å². The summed E-state index contributed by atoms with van der Waals surface area (Å²) in [6, 6.07) is 13.5. The summed E-state index contributed by atoms with van der Waals surface area (Å²) in [6.45, 7) is 15.0. The molecule has 1 aromatic heterocycles. The van der Waals surface area contributed by atoms with E-state index in [1.165, 1.54) is 6.08 Å². The van der Waals surface area contributed by atoms with Crippen LogP contribution in [0.25, 0.3) is 0 Å². The van der Waals surface area contributed by atoms with Gasteiger partial charge in [0.25, 0.3) is 0 Å². The zero-order valence-corrected chi connectivity index (χ0v) is 19.5. The summed E-state index contributed by atoms with van der Waals surface area (Å²) < 4.78 is 0. The molecule has 1 unspecified atom stereocenters. The third-order valence-electron chi connectivity index (χ3n) is 3.84. The van der Waals surface area contributed by atoms with Crippen LogP contribution < -0.4 is 0 Å². The third kappa shape index (κ3) is 13.1. The molecular weight excluding hydrogens is 408 g/mol. The van der Waals surface area contributed by atoms with Gasteiger partial charge in [-0.2, -0.15) is 0 Å². The summed E-state index contributed by atoms with van der Waals surface area (Å²) in [5, 5.41) is 10.6. The minimum Gasteiger partial charge on any atom is -0.382 e. The van der Waals surface area contributed by atoms with Crippen molar-refractivity contribution >= 4 is 6.29 Å². The second kappa shape index (κ2) is 19.9. The molecule has 1 aromatic rings. The first-order valence-corrected chi connectivity index (χ1v) is 10.4. The van der Waals surface area contributed by atoms with Gasteiger partial charge in [0.2, 0.25) is 0 Å². The second-order valence-corrected chi connectivity index (χ2v) is 6.27. The SMILES string of the molecule is C=C/C=C(\C=C/C)C(O)C(=C)N(/C=C\C=O)C(/C=C\C)=C/C=C.c1ccccncccc1. The molecule has 1 heterocycles. The van der Waals surface area contributed by atoms with Gasteiger partial charge in [-0.1, -0.05) is 86.5 Å². The molecule has 0 aliphatic rings. The van der Waals surface area contributed by atoms with Crippen molar-refractivity contribution in [3.8, 4) is 0 Å². The molecule has 33 heavy (non-hydrogen) atoms. The molecule has 0 saturated heterocycles. The van der Waals surface area contributed by atoms with E-state index in [0.29, 0.717) is 17.6 Å². The quantitative estimate of drug-likeness (QED) is 0.258. The van der Waals surface area contributed by atoms with Gasteiger partial charge in [0, 0.05) is 30.0 Å². The average molecular weight is 443 g/mol. The van der Waals surface area contributed by atoms with Gasteiger partial charge in [0.05, 0.1) is 0 Å². The Bertz CT molecular complexity index is 864. The first-order valence-electron chi connectivity index (χ1n) is 10.4. The van der Waals surface area contributed by atoms with Crippen LogP contribution in [0.5, 0.6) is 0 Å². The molecule has 0 saturated carbocycles. The summed E-state index contributed by atoms with van der Waals surface area (Å²) in [4.78, 5) is 16.3. The molecule has 0 bridgehead atoms. The highest BCUT2D eigenvalue weighted by molar-refractivity contribution is 5.64. The van der Waals surface area contributed by atoms with E-state index in [-0.39, 0.29) is 0 Å². The Hall–Kier alpha value is -4.02. The van der Waals surface area contributed by atoms with Gasteiger partial charge >= 0.3 is 0 Å². The summed E-state index contributed by atoms with van der Waals surface area (Å²) >= 11 is 0. The van der Waals surface area contributed by atoms with Crippen LogP contribution in [0.15, 0.2) is 152 Å². The fourth-order valence-electron chi connectivity index (χ4n) is 2.44. The Morgan fingerprint density at radius 2 is 1.45 bits per heavy atom. The maximum absolute atomic E-state index is 10.7. The van der Waals surface area contributed by atoms with E-state index < -0.39 is 6.10 Å². The zero-order valence-electron chi connectivity index (χ0n) is 19.5. The molecule has 0 fully saturated rings. The van der Waals surface area contributed by atoms with E-state index in [9.17, 15) is 9.90 Å². The monoisotopic (exact) mass is 442 g/mol. The van der Waals surface area contributed by atoms with E-state index in [1.54, 1.807) is 53.9 Å². The molecule has 1 N–H and O–H groups in total. The topological polar surface area (TPSA) is 53.4 Å².